The van der Waals surface area contributed by atoms with Crippen molar-refractivity contribution in [1.29, 1.82) is 5.26 Å². The average molecular weight is 444 g/mol. The molecule has 0 spiro atoms. The van der Waals surface area contributed by atoms with Crippen molar-refractivity contribution in [2.45, 2.75) is 25.7 Å². The third-order valence-electron chi connectivity index (χ3n) is 5.66. The molecular weight excluding hydrogens is 418 g/mol. The SMILES string of the molecule is COc1cc(NC(=O)C2CCCC2)cc(Nc2nccc(-c3ccc(OC)c(C#N)c3)n2)c1. The Kier molecular flexibility index (Phi) is 6.69. The van der Waals surface area contributed by atoms with E-state index in [1.165, 1.54) is 7.11 Å². The molecule has 0 aliphatic heterocycles. The highest BCUT2D eigenvalue weighted by Crippen LogP contribution is 2.30. The standard InChI is InChI=1S/C25H25N5O3/c1-32-21-13-19(28-24(31)16-5-3-4-6-16)12-20(14-21)29-25-27-10-9-22(30-25)17-7-8-23(33-2)18(11-17)15-26/h7-14,16H,3-6H2,1-2H3,(H,28,31)(H,27,29,30). The topological polar surface area (TPSA) is 109 Å². The fourth-order valence-corrected chi connectivity index (χ4v) is 3.96. The maximum atomic E-state index is 12.6. The van der Waals surface area contributed by atoms with Crippen molar-refractivity contribution in [2.24, 2.45) is 5.92 Å². The number of nitrogens with one attached hydrogen (secondary N) is 2. The minimum absolute atomic E-state index is 0.0396. The Morgan fingerprint density at radius 1 is 1.06 bits per heavy atom. The first-order chi connectivity index (χ1) is 16.1. The highest BCUT2D eigenvalue weighted by atomic mass is 16.5. The van der Waals surface area contributed by atoms with Gasteiger partial charge in [-0.25, -0.2) is 9.97 Å². The second kappa shape index (κ2) is 10.0. The zero-order valence-electron chi connectivity index (χ0n) is 18.6. The van der Waals surface area contributed by atoms with Gasteiger partial charge >= 0.3 is 0 Å². The van der Waals surface area contributed by atoms with Crippen molar-refractivity contribution in [3.05, 3.63) is 54.2 Å². The van der Waals surface area contributed by atoms with Gasteiger partial charge in [-0.05, 0) is 43.2 Å². The van der Waals surface area contributed by atoms with Crippen LogP contribution in [0.4, 0.5) is 17.3 Å². The molecule has 1 amide bonds. The number of hydrogen-bond donors (Lipinski definition) is 2. The van der Waals surface area contributed by atoms with Crippen LogP contribution < -0.4 is 20.1 Å². The van der Waals surface area contributed by atoms with Crippen LogP contribution >= 0.6 is 0 Å². The summed E-state index contributed by atoms with van der Waals surface area (Å²) in [6.07, 6.45) is 5.70. The molecule has 0 bridgehead atoms. The number of anilines is 3. The second-order valence-electron chi connectivity index (χ2n) is 7.84. The molecule has 2 N–H and O–H groups in total. The molecule has 4 rings (SSSR count). The van der Waals surface area contributed by atoms with Gasteiger partial charge < -0.3 is 20.1 Å². The highest BCUT2D eigenvalue weighted by Gasteiger charge is 2.22. The summed E-state index contributed by atoms with van der Waals surface area (Å²) in [5.74, 6) is 1.60. The second-order valence-corrected chi connectivity index (χ2v) is 7.84. The van der Waals surface area contributed by atoms with Crippen LogP contribution in [0.2, 0.25) is 0 Å². The van der Waals surface area contributed by atoms with Crippen LogP contribution in [0.3, 0.4) is 0 Å². The van der Waals surface area contributed by atoms with Gasteiger partial charge in [-0.2, -0.15) is 5.26 Å². The summed E-state index contributed by atoms with van der Waals surface area (Å²) in [7, 11) is 3.11. The van der Waals surface area contributed by atoms with Crippen LogP contribution in [-0.2, 0) is 4.79 Å². The fraction of sp³-hybridized carbons (Fsp3) is 0.280. The largest absolute Gasteiger partial charge is 0.497 e. The third kappa shape index (κ3) is 5.21. The smallest absolute Gasteiger partial charge is 0.227 e. The van der Waals surface area contributed by atoms with Crippen LogP contribution in [0.15, 0.2) is 48.7 Å². The Morgan fingerprint density at radius 2 is 1.85 bits per heavy atom. The van der Waals surface area contributed by atoms with Gasteiger partial charge in [-0.15, -0.1) is 0 Å². The summed E-state index contributed by atoms with van der Waals surface area (Å²) in [6.45, 7) is 0. The van der Waals surface area contributed by atoms with E-state index in [9.17, 15) is 10.1 Å². The van der Waals surface area contributed by atoms with Gasteiger partial charge in [-0.1, -0.05) is 12.8 Å². The highest BCUT2D eigenvalue weighted by molar-refractivity contribution is 5.93. The normalized spacial score (nSPS) is 13.2. The van der Waals surface area contributed by atoms with Crippen molar-refractivity contribution < 1.29 is 14.3 Å². The van der Waals surface area contributed by atoms with Gasteiger partial charge in [0.2, 0.25) is 11.9 Å². The van der Waals surface area contributed by atoms with E-state index in [-0.39, 0.29) is 11.8 Å². The lowest BCUT2D eigenvalue weighted by Crippen LogP contribution is -2.20. The van der Waals surface area contributed by atoms with E-state index >= 15 is 0 Å². The Morgan fingerprint density at radius 3 is 2.58 bits per heavy atom. The number of nitriles is 1. The number of carbonyl (C=O) groups excluding carboxylic acids is 1. The third-order valence-corrected chi connectivity index (χ3v) is 5.66. The number of nitrogens with zero attached hydrogens (tertiary/aromatic N) is 3. The molecule has 33 heavy (non-hydrogen) atoms. The Bertz CT molecular complexity index is 1200. The maximum Gasteiger partial charge on any atom is 0.227 e. The van der Waals surface area contributed by atoms with E-state index in [1.807, 2.05) is 18.2 Å². The molecular formula is C25H25N5O3. The molecule has 1 heterocycles. The lowest BCUT2D eigenvalue weighted by molar-refractivity contribution is -0.119. The molecule has 1 aliphatic carbocycles. The number of carbonyl (C=O) groups is 1. The number of aromatic nitrogens is 2. The van der Waals surface area contributed by atoms with Gasteiger partial charge in [0.25, 0.3) is 0 Å². The quantitative estimate of drug-likeness (QED) is 0.534. The minimum atomic E-state index is 0.0396. The number of hydrogen-bond acceptors (Lipinski definition) is 7. The molecule has 0 atom stereocenters. The van der Waals surface area contributed by atoms with E-state index < -0.39 is 0 Å². The predicted octanol–water partition coefficient (Wildman–Crippen LogP) is 4.90. The average Bonchev–Trinajstić information content (AvgIpc) is 3.39. The molecule has 3 aromatic rings. The predicted molar refractivity (Wildman–Crippen MR) is 126 cm³/mol. The molecule has 2 aromatic carbocycles. The van der Waals surface area contributed by atoms with Crippen LogP contribution in [0.5, 0.6) is 11.5 Å². The first kappa shape index (κ1) is 22.1. The lowest BCUT2D eigenvalue weighted by Gasteiger charge is -2.14. The lowest BCUT2D eigenvalue weighted by atomic mass is 10.1. The summed E-state index contributed by atoms with van der Waals surface area (Å²) in [5, 5.41) is 15.5. The van der Waals surface area contributed by atoms with Crippen molar-refractivity contribution in [2.75, 3.05) is 24.9 Å². The molecule has 0 unspecified atom stereocenters. The van der Waals surface area contributed by atoms with Crippen molar-refractivity contribution >= 4 is 23.2 Å². The molecule has 8 nitrogen and oxygen atoms in total. The molecule has 1 aliphatic rings. The van der Waals surface area contributed by atoms with Gasteiger partial charge in [0.05, 0.1) is 25.5 Å². The van der Waals surface area contributed by atoms with E-state index in [2.05, 4.69) is 26.7 Å². The molecule has 1 saturated carbocycles. The van der Waals surface area contributed by atoms with Crippen LogP contribution in [-0.4, -0.2) is 30.1 Å². The minimum Gasteiger partial charge on any atom is -0.497 e. The number of benzene rings is 2. The summed E-state index contributed by atoms with van der Waals surface area (Å²) in [5.41, 5.74) is 3.19. The fourth-order valence-electron chi connectivity index (χ4n) is 3.96. The van der Waals surface area contributed by atoms with Gasteiger partial charge in [-0.3, -0.25) is 4.79 Å². The zero-order chi connectivity index (χ0) is 23.2. The van der Waals surface area contributed by atoms with Gasteiger partial charge in [0, 0.05) is 41.2 Å². The molecule has 0 saturated heterocycles. The van der Waals surface area contributed by atoms with E-state index in [0.29, 0.717) is 40.1 Å². The van der Waals surface area contributed by atoms with Crippen LogP contribution in [0.25, 0.3) is 11.3 Å². The van der Waals surface area contributed by atoms with Crippen molar-refractivity contribution in [3.63, 3.8) is 0 Å². The molecule has 8 heteroatoms. The Labute approximate surface area is 192 Å². The maximum absolute atomic E-state index is 12.6. The number of rotatable bonds is 7. The number of ether oxygens (including phenoxy) is 2. The van der Waals surface area contributed by atoms with Crippen LogP contribution in [0.1, 0.15) is 31.2 Å². The summed E-state index contributed by atoms with van der Waals surface area (Å²) in [6, 6.07) is 14.6. The molecule has 1 aromatic heterocycles. The van der Waals surface area contributed by atoms with E-state index in [1.54, 1.807) is 37.6 Å². The first-order valence-corrected chi connectivity index (χ1v) is 10.8. The molecule has 168 valence electrons. The molecule has 1 fully saturated rings. The van der Waals surface area contributed by atoms with Gasteiger partial charge in [0.15, 0.2) is 0 Å². The summed E-state index contributed by atoms with van der Waals surface area (Å²) >= 11 is 0. The first-order valence-electron chi connectivity index (χ1n) is 10.8. The van der Waals surface area contributed by atoms with Crippen LogP contribution in [0, 0.1) is 17.2 Å². The van der Waals surface area contributed by atoms with Crippen molar-refractivity contribution in [3.8, 4) is 28.8 Å². The van der Waals surface area contributed by atoms with Gasteiger partial charge in [0.1, 0.15) is 17.6 Å². The monoisotopic (exact) mass is 443 g/mol. The molecule has 0 radical (unpaired) electrons. The summed E-state index contributed by atoms with van der Waals surface area (Å²) in [4.78, 5) is 21.4. The Balaban J connectivity index is 1.56. The zero-order valence-corrected chi connectivity index (χ0v) is 18.6. The Hall–Kier alpha value is -4.12. The van der Waals surface area contributed by atoms with E-state index in [4.69, 9.17) is 9.47 Å². The number of amides is 1. The summed E-state index contributed by atoms with van der Waals surface area (Å²) < 4.78 is 10.6. The number of methoxy groups -OCH3 is 2. The van der Waals surface area contributed by atoms with Crippen molar-refractivity contribution in [1.82, 2.24) is 9.97 Å². The van der Waals surface area contributed by atoms with E-state index in [0.717, 1.165) is 31.2 Å².